The average molecular weight is 1230 g/mol. The summed E-state index contributed by atoms with van der Waals surface area (Å²) >= 11 is 0. The van der Waals surface area contributed by atoms with Crippen molar-refractivity contribution in [1.82, 2.24) is 55.6 Å². The lowest BCUT2D eigenvalue weighted by Crippen LogP contribution is -2.64. The molecule has 0 bridgehead atoms. The van der Waals surface area contributed by atoms with Gasteiger partial charge in [-0.05, 0) is 107 Å². The molecule has 6 N–H and O–H groups in total. The molecule has 1 saturated heterocycles. The third-order valence-corrected chi connectivity index (χ3v) is 16.9. The summed E-state index contributed by atoms with van der Waals surface area (Å²) in [6, 6.07) is -13.2. The van der Waals surface area contributed by atoms with E-state index in [9.17, 15) is 39.0 Å². The molecule has 0 aromatic rings. The van der Waals surface area contributed by atoms with E-state index < -0.39 is 162 Å². The van der Waals surface area contributed by atoms with Gasteiger partial charge in [0.15, 0.2) is 0 Å². The molecule has 1 aliphatic rings. The first-order chi connectivity index (χ1) is 40.0. The molecule has 0 aromatic heterocycles. The summed E-state index contributed by atoms with van der Waals surface area (Å²) in [5.74, 6) is -9.38. The number of hydrogen-bond donors (Lipinski definition) is 6. The highest BCUT2D eigenvalue weighted by Crippen LogP contribution is 2.26. The van der Waals surface area contributed by atoms with Crippen molar-refractivity contribution in [2.75, 3.05) is 49.3 Å². The smallest absolute Gasteiger partial charge is 0.246 e. The van der Waals surface area contributed by atoms with E-state index in [1.807, 2.05) is 61.5 Å². The number of hydrogen-bond acceptors (Lipinski definition) is 13. The zero-order chi connectivity index (χ0) is 67.7. The van der Waals surface area contributed by atoms with E-state index in [0.717, 1.165) is 4.90 Å². The fraction of sp³-hybridized carbons (Fsp3) is 0.812. The molecule has 0 spiro atoms. The van der Waals surface area contributed by atoms with E-state index >= 15 is 19.2 Å². The van der Waals surface area contributed by atoms with E-state index in [4.69, 9.17) is 0 Å². The lowest BCUT2D eigenvalue weighted by molar-refractivity contribution is -0.157. The minimum absolute atomic E-state index is 0.0727. The van der Waals surface area contributed by atoms with Crippen molar-refractivity contribution in [1.29, 1.82) is 0 Å². The van der Waals surface area contributed by atoms with E-state index in [1.54, 1.807) is 61.5 Å². The second-order valence-electron chi connectivity index (χ2n) is 27.4. The second-order valence-corrected chi connectivity index (χ2v) is 27.4. The molecule has 1 heterocycles. The quantitative estimate of drug-likeness (QED) is 0.128. The fourth-order valence-corrected chi connectivity index (χ4v) is 11.2. The zero-order valence-corrected chi connectivity index (χ0v) is 57.9. The predicted octanol–water partition coefficient (Wildman–Crippen LogP) is 3.70. The molecule has 1 fully saturated rings. The molecule has 1 aliphatic heterocycles. The normalized spacial score (nSPS) is 28.4. The molecule has 87 heavy (non-hydrogen) atoms. The number of nitrogens with zero attached hydrogens (tertiary/aromatic N) is 7. The van der Waals surface area contributed by atoms with E-state index in [-0.39, 0.29) is 49.4 Å². The molecule has 0 saturated carbocycles. The number of likely N-dealkylation sites (N-methyl/N-ethyl adjacent to an activating group) is 7. The maximum Gasteiger partial charge on any atom is 0.246 e. The van der Waals surface area contributed by atoms with Crippen LogP contribution in [0.3, 0.4) is 0 Å². The molecule has 0 unspecified atom stereocenters. The molecule has 0 aromatic carbocycles. The Balaban J connectivity index is 4.41. The minimum Gasteiger partial charge on any atom is -0.390 e. The van der Waals surface area contributed by atoms with Gasteiger partial charge < -0.3 is 60.5 Å². The van der Waals surface area contributed by atoms with Crippen molar-refractivity contribution in [2.45, 2.75) is 242 Å². The molecule has 500 valence electrons. The Morgan fingerprint density at radius 3 is 1.26 bits per heavy atom. The highest BCUT2D eigenvalue weighted by atomic mass is 16.3. The molecule has 1 rings (SSSR count). The van der Waals surface area contributed by atoms with Crippen molar-refractivity contribution in [3.05, 3.63) is 12.2 Å². The summed E-state index contributed by atoms with van der Waals surface area (Å²) in [6.45, 7) is 33.4. The van der Waals surface area contributed by atoms with Crippen molar-refractivity contribution in [3.63, 3.8) is 0 Å². The van der Waals surface area contributed by atoms with Crippen LogP contribution in [-0.2, 0) is 47.9 Å². The van der Waals surface area contributed by atoms with Gasteiger partial charge in [0, 0.05) is 49.3 Å². The number of allylic oxidation sites excluding steroid dienone is 2. The molecule has 14 atom stereocenters. The minimum atomic E-state index is -1.62. The number of rotatable bonds is 15. The standard InChI is InChI=1S/C64H117N11O12/c1-27-28-29-41(16)53(76)52-57(80)68-49(38(10)11)62(85)69(20)44(19)59(82)70(21)46(31-35(4)5)56(79)67-50(39(12)13)63(86)71(22)45(30-34(2)3)55(78)65-42(17)54(77)66-43(18)58(81)72(23)47(32-36(6)7)60(83)73(24)48(33-37(8)9)61(84)74(25)51(40(14)15)64(87)75(52)26/h27-28,34-53,55,65,76,78H,29-33H2,1-26H3,(H,66,77)(H,67,79)(H,68,80)/b28-27+/t41-,42+,43-,44-,45+,46+,47+,48+,49+,50+,51+,52+,53-,55-/m1/s1. The maximum atomic E-state index is 15.2. The van der Waals surface area contributed by atoms with Crippen LogP contribution in [0.15, 0.2) is 12.2 Å². The van der Waals surface area contributed by atoms with Crippen molar-refractivity contribution in [2.24, 2.45) is 47.3 Å². The molecule has 0 radical (unpaired) electrons. The SMILES string of the molecule is C/C=C/C[C@@H](C)[C@@H](O)[C@H]1C(=O)N[C@@H](C(C)C)C(=O)N(C)[C@H](C)C(=O)N(C)[C@@H](CC(C)C)C(=O)N[C@@H](C(C)C)C(=O)N(C)[C@@H](CC(C)C)[C@@H](O)N[C@@H](C)C(=O)N[C@H](C)C(=O)N(C)[C@@H](CC(C)C)C(=O)N(C)[C@@H](CC(C)C)C(=O)N(C)[C@@H](C(C)C)C(=O)N1C. The predicted molar refractivity (Wildman–Crippen MR) is 339 cm³/mol. The number of aliphatic hydroxyl groups is 2. The zero-order valence-electron chi connectivity index (χ0n) is 57.9. The lowest BCUT2D eigenvalue weighted by atomic mass is 9.91. The Bertz CT molecular complexity index is 2350. The Morgan fingerprint density at radius 1 is 0.425 bits per heavy atom. The summed E-state index contributed by atoms with van der Waals surface area (Å²) in [5.41, 5.74) is 0. The number of carbonyl (C=O) groups excluding carboxylic acids is 10. The van der Waals surface area contributed by atoms with Gasteiger partial charge in [-0.15, -0.1) is 0 Å². The monoisotopic (exact) mass is 1230 g/mol. The van der Waals surface area contributed by atoms with Crippen LogP contribution in [0.2, 0.25) is 0 Å². The molecular weight excluding hydrogens is 1110 g/mol. The van der Waals surface area contributed by atoms with Gasteiger partial charge in [-0.1, -0.05) is 116 Å². The van der Waals surface area contributed by atoms with Gasteiger partial charge in [0.05, 0.1) is 18.2 Å². The number of amides is 10. The van der Waals surface area contributed by atoms with Crippen LogP contribution in [-0.4, -0.2) is 232 Å². The largest absolute Gasteiger partial charge is 0.390 e. The van der Waals surface area contributed by atoms with Crippen LogP contribution in [0.4, 0.5) is 0 Å². The molecular formula is C64H117N11O12. The van der Waals surface area contributed by atoms with Crippen LogP contribution >= 0.6 is 0 Å². The highest BCUT2D eigenvalue weighted by molar-refractivity contribution is 5.99. The van der Waals surface area contributed by atoms with Crippen molar-refractivity contribution in [3.8, 4) is 0 Å². The van der Waals surface area contributed by atoms with E-state index in [0.29, 0.717) is 6.42 Å². The Hall–Kier alpha value is -5.68. The van der Waals surface area contributed by atoms with E-state index in [2.05, 4.69) is 21.3 Å². The van der Waals surface area contributed by atoms with E-state index in [1.165, 1.54) is 99.5 Å². The molecule has 0 aliphatic carbocycles. The summed E-state index contributed by atoms with van der Waals surface area (Å²) in [6.07, 6.45) is 1.64. The molecule has 23 nitrogen and oxygen atoms in total. The van der Waals surface area contributed by atoms with Gasteiger partial charge in [-0.25, -0.2) is 0 Å². The summed E-state index contributed by atoms with van der Waals surface area (Å²) in [7, 11) is 10.1. The molecule has 23 heteroatoms. The summed E-state index contributed by atoms with van der Waals surface area (Å²) in [5, 5.41) is 35.4. The Kier molecular flexibility index (Phi) is 32.4. The van der Waals surface area contributed by atoms with Gasteiger partial charge in [0.1, 0.15) is 60.6 Å². The topological polar surface area (TPSA) is 282 Å². The first-order valence-corrected chi connectivity index (χ1v) is 31.5. The maximum absolute atomic E-state index is 15.2. The van der Waals surface area contributed by atoms with Crippen LogP contribution < -0.4 is 21.3 Å². The first kappa shape index (κ1) is 79.3. The Morgan fingerprint density at radius 2 is 0.828 bits per heavy atom. The molecule has 10 amide bonds. The first-order valence-electron chi connectivity index (χ1n) is 31.5. The van der Waals surface area contributed by atoms with Gasteiger partial charge in [0.2, 0.25) is 59.1 Å². The number of carbonyl (C=O) groups is 10. The van der Waals surface area contributed by atoms with Crippen molar-refractivity contribution < 1.29 is 58.2 Å². The average Bonchev–Trinajstić information content (AvgIpc) is 1.22. The third kappa shape index (κ3) is 21.8. The fourth-order valence-electron chi connectivity index (χ4n) is 11.2. The Labute approximate surface area is 522 Å². The van der Waals surface area contributed by atoms with Gasteiger partial charge in [-0.3, -0.25) is 53.3 Å². The van der Waals surface area contributed by atoms with Crippen molar-refractivity contribution >= 4 is 59.1 Å². The highest BCUT2D eigenvalue weighted by Gasteiger charge is 2.46. The second kappa shape index (κ2) is 35.5. The van der Waals surface area contributed by atoms with Gasteiger partial charge in [-0.2, -0.15) is 0 Å². The third-order valence-electron chi connectivity index (χ3n) is 16.9. The number of aliphatic hydroxyl groups excluding tert-OH is 2. The van der Waals surface area contributed by atoms with Crippen LogP contribution in [0.1, 0.15) is 164 Å². The number of nitrogens with one attached hydrogen (secondary N) is 4. The summed E-state index contributed by atoms with van der Waals surface area (Å²) < 4.78 is 0. The van der Waals surface area contributed by atoms with Gasteiger partial charge in [0.25, 0.3) is 0 Å². The summed E-state index contributed by atoms with van der Waals surface area (Å²) in [4.78, 5) is 156. The van der Waals surface area contributed by atoms with Crippen LogP contribution in [0.25, 0.3) is 0 Å². The van der Waals surface area contributed by atoms with Gasteiger partial charge >= 0.3 is 0 Å². The van der Waals surface area contributed by atoms with Crippen LogP contribution in [0.5, 0.6) is 0 Å². The van der Waals surface area contributed by atoms with Crippen LogP contribution in [0, 0.1) is 47.3 Å². The lowest BCUT2D eigenvalue weighted by Gasteiger charge is -2.42.